The average molecular weight is 345 g/mol. The van der Waals surface area contributed by atoms with Crippen molar-refractivity contribution < 1.29 is 9.21 Å². The number of nitrogens with one attached hydrogen (secondary N) is 1. The van der Waals surface area contributed by atoms with Gasteiger partial charge in [0.05, 0.1) is 5.25 Å². The van der Waals surface area contributed by atoms with Crippen LogP contribution in [0.15, 0.2) is 40.2 Å². The van der Waals surface area contributed by atoms with Crippen LogP contribution in [0.3, 0.4) is 0 Å². The number of benzene rings is 1. The molecular weight excluding hydrogens is 326 g/mol. The first-order valence-electron chi connectivity index (χ1n) is 7.80. The molecule has 2 aromatic heterocycles. The van der Waals surface area contributed by atoms with Crippen LogP contribution in [0.4, 0.5) is 0 Å². The number of amides is 1. The number of hydrogen-bond donors (Lipinski definition) is 1. The number of fused-ring (bicyclic) bond motifs is 1. The fourth-order valence-corrected chi connectivity index (χ4v) is 3.19. The summed E-state index contributed by atoms with van der Waals surface area (Å²) in [6.07, 6.45) is 2.85. The van der Waals surface area contributed by atoms with E-state index in [2.05, 4.69) is 20.4 Å². The number of para-hydroxylation sites is 2. The summed E-state index contributed by atoms with van der Waals surface area (Å²) in [5.74, 6) is 0.821. The molecule has 0 saturated heterocycles. The lowest BCUT2D eigenvalue weighted by atomic mass is 10.3. The van der Waals surface area contributed by atoms with Crippen molar-refractivity contribution in [2.75, 3.05) is 6.54 Å². The largest absolute Gasteiger partial charge is 0.431 e. The second-order valence-electron chi connectivity index (χ2n) is 5.30. The third-order valence-corrected chi connectivity index (χ3v) is 4.84. The fourth-order valence-electron chi connectivity index (χ4n) is 2.30. The van der Waals surface area contributed by atoms with Gasteiger partial charge in [-0.3, -0.25) is 9.48 Å². The quantitative estimate of drug-likeness (QED) is 0.661. The van der Waals surface area contributed by atoms with Gasteiger partial charge < -0.3 is 9.73 Å². The molecule has 0 radical (unpaired) electrons. The number of rotatable bonds is 7. The van der Waals surface area contributed by atoms with Crippen LogP contribution < -0.4 is 5.32 Å². The molecule has 24 heavy (non-hydrogen) atoms. The molecule has 0 fully saturated rings. The Bertz CT molecular complexity index is 796. The highest BCUT2D eigenvalue weighted by atomic mass is 32.2. The van der Waals surface area contributed by atoms with Crippen LogP contribution in [0.2, 0.25) is 0 Å². The number of nitrogens with zero attached hydrogens (tertiary/aromatic N) is 4. The molecule has 1 aromatic carbocycles. The summed E-state index contributed by atoms with van der Waals surface area (Å²) in [5, 5.41) is 7.23. The van der Waals surface area contributed by atoms with E-state index in [1.165, 1.54) is 18.1 Å². The maximum atomic E-state index is 12.4. The van der Waals surface area contributed by atoms with Crippen molar-refractivity contribution in [3.05, 3.63) is 36.4 Å². The molecular formula is C16H19N5O2S. The van der Waals surface area contributed by atoms with Gasteiger partial charge in [0.1, 0.15) is 17.7 Å². The van der Waals surface area contributed by atoms with Crippen LogP contribution in [-0.4, -0.2) is 37.5 Å². The van der Waals surface area contributed by atoms with E-state index < -0.39 is 0 Å². The minimum absolute atomic E-state index is 0.0214. The zero-order valence-corrected chi connectivity index (χ0v) is 14.4. The summed E-state index contributed by atoms with van der Waals surface area (Å²) in [6.45, 7) is 2.50. The van der Waals surface area contributed by atoms with Gasteiger partial charge in [-0.25, -0.2) is 9.97 Å². The molecule has 126 valence electrons. The highest BCUT2D eigenvalue weighted by Crippen LogP contribution is 2.28. The molecule has 0 unspecified atom stereocenters. The van der Waals surface area contributed by atoms with Gasteiger partial charge in [0.2, 0.25) is 5.91 Å². The molecule has 0 aliphatic rings. The van der Waals surface area contributed by atoms with E-state index >= 15 is 0 Å². The Morgan fingerprint density at radius 1 is 1.42 bits per heavy atom. The van der Waals surface area contributed by atoms with Gasteiger partial charge in [-0.2, -0.15) is 5.10 Å². The minimum Gasteiger partial charge on any atom is -0.431 e. The van der Waals surface area contributed by atoms with Crippen molar-refractivity contribution in [1.82, 2.24) is 25.1 Å². The second-order valence-corrected chi connectivity index (χ2v) is 6.46. The van der Waals surface area contributed by atoms with E-state index in [0.29, 0.717) is 24.6 Å². The summed E-state index contributed by atoms with van der Waals surface area (Å²) < 4.78 is 7.38. The molecule has 3 aromatic rings. The Morgan fingerprint density at radius 3 is 2.96 bits per heavy atom. The van der Waals surface area contributed by atoms with E-state index in [4.69, 9.17) is 4.42 Å². The highest BCUT2D eigenvalue weighted by Gasteiger charge is 2.20. The summed E-state index contributed by atoms with van der Waals surface area (Å²) in [6, 6.07) is 7.58. The fraction of sp³-hybridized carbons (Fsp3) is 0.375. The summed E-state index contributed by atoms with van der Waals surface area (Å²) in [4.78, 5) is 20.9. The first-order valence-corrected chi connectivity index (χ1v) is 8.68. The summed E-state index contributed by atoms with van der Waals surface area (Å²) in [5.41, 5.74) is 1.54. The van der Waals surface area contributed by atoms with E-state index in [0.717, 1.165) is 16.9 Å². The molecule has 0 aliphatic heterocycles. The molecule has 3 rings (SSSR count). The van der Waals surface area contributed by atoms with Crippen molar-refractivity contribution >= 4 is 28.8 Å². The predicted octanol–water partition coefficient (Wildman–Crippen LogP) is 2.19. The lowest BCUT2D eigenvalue weighted by Gasteiger charge is -2.12. The standard InChI is InChI=1S/C16H19N5O2S/c1-3-13(15(22)17-9-8-14-18-10-19-21(14)2)24-16-20-11-6-4-5-7-12(11)23-16/h4-7,10,13H,3,8-9H2,1-2H3,(H,17,22)/t13-/m0/s1. The third-order valence-electron chi connectivity index (χ3n) is 3.63. The number of carbonyl (C=O) groups is 1. The lowest BCUT2D eigenvalue weighted by molar-refractivity contribution is -0.120. The summed E-state index contributed by atoms with van der Waals surface area (Å²) >= 11 is 1.35. The Kier molecular flexibility index (Phi) is 5.14. The van der Waals surface area contributed by atoms with Crippen LogP contribution in [0.5, 0.6) is 0 Å². The van der Waals surface area contributed by atoms with Gasteiger partial charge in [-0.15, -0.1) is 0 Å². The van der Waals surface area contributed by atoms with Gasteiger partial charge in [-0.05, 0) is 18.6 Å². The van der Waals surface area contributed by atoms with Crippen molar-refractivity contribution in [3.63, 3.8) is 0 Å². The number of oxazole rings is 1. The SMILES string of the molecule is CC[C@H](Sc1nc2ccccc2o1)C(=O)NCCc1ncnn1C. The number of hydrogen-bond acceptors (Lipinski definition) is 6. The Morgan fingerprint density at radius 2 is 2.25 bits per heavy atom. The second kappa shape index (κ2) is 7.48. The van der Waals surface area contributed by atoms with Gasteiger partial charge in [0.15, 0.2) is 5.58 Å². The molecule has 8 heteroatoms. The molecule has 0 aliphatic carbocycles. The van der Waals surface area contributed by atoms with Gasteiger partial charge in [0, 0.05) is 20.0 Å². The van der Waals surface area contributed by atoms with Crippen molar-refractivity contribution in [2.24, 2.45) is 7.05 Å². The third kappa shape index (κ3) is 3.76. The molecule has 7 nitrogen and oxygen atoms in total. The molecule has 0 bridgehead atoms. The Labute approximate surface area is 143 Å². The average Bonchev–Trinajstić information content (AvgIpc) is 3.18. The number of aryl methyl sites for hydroxylation is 1. The first kappa shape index (κ1) is 16.5. The first-order chi connectivity index (χ1) is 11.7. The van der Waals surface area contributed by atoms with Crippen LogP contribution in [0.1, 0.15) is 19.2 Å². The van der Waals surface area contributed by atoms with E-state index in [9.17, 15) is 4.79 Å². The van der Waals surface area contributed by atoms with Gasteiger partial charge in [-0.1, -0.05) is 30.8 Å². The van der Waals surface area contributed by atoms with E-state index in [-0.39, 0.29) is 11.2 Å². The number of thioether (sulfide) groups is 1. The highest BCUT2D eigenvalue weighted by molar-refractivity contribution is 8.00. The van der Waals surface area contributed by atoms with E-state index in [1.807, 2.05) is 38.2 Å². The van der Waals surface area contributed by atoms with Gasteiger partial charge >= 0.3 is 0 Å². The molecule has 2 heterocycles. The van der Waals surface area contributed by atoms with Crippen LogP contribution in [-0.2, 0) is 18.3 Å². The molecule has 1 atom stereocenters. The van der Waals surface area contributed by atoms with Crippen LogP contribution in [0, 0.1) is 0 Å². The van der Waals surface area contributed by atoms with E-state index in [1.54, 1.807) is 4.68 Å². The molecule has 1 N–H and O–H groups in total. The molecule has 0 saturated carbocycles. The Balaban J connectivity index is 1.56. The summed E-state index contributed by atoms with van der Waals surface area (Å²) in [7, 11) is 1.84. The maximum Gasteiger partial charge on any atom is 0.257 e. The lowest BCUT2D eigenvalue weighted by Crippen LogP contribution is -2.34. The van der Waals surface area contributed by atoms with Gasteiger partial charge in [0.25, 0.3) is 5.22 Å². The zero-order chi connectivity index (χ0) is 16.9. The number of aromatic nitrogens is 4. The number of carbonyl (C=O) groups excluding carboxylic acids is 1. The molecule has 0 spiro atoms. The monoisotopic (exact) mass is 345 g/mol. The predicted molar refractivity (Wildman–Crippen MR) is 91.7 cm³/mol. The van der Waals surface area contributed by atoms with Crippen molar-refractivity contribution in [2.45, 2.75) is 30.2 Å². The minimum atomic E-state index is -0.238. The van der Waals surface area contributed by atoms with Crippen LogP contribution in [0.25, 0.3) is 11.1 Å². The normalized spacial score (nSPS) is 12.4. The Hall–Kier alpha value is -2.35. The smallest absolute Gasteiger partial charge is 0.257 e. The maximum absolute atomic E-state index is 12.4. The van der Waals surface area contributed by atoms with Crippen molar-refractivity contribution in [1.29, 1.82) is 0 Å². The van der Waals surface area contributed by atoms with Crippen LogP contribution >= 0.6 is 11.8 Å². The van der Waals surface area contributed by atoms with Crippen molar-refractivity contribution in [3.8, 4) is 0 Å². The zero-order valence-electron chi connectivity index (χ0n) is 13.6. The molecule has 1 amide bonds. The topological polar surface area (TPSA) is 85.8 Å².